The monoisotopic (exact) mass is 343 g/mol. The number of hydrogen-bond acceptors (Lipinski definition) is 6. The molecule has 0 atom stereocenters. The molecule has 0 saturated carbocycles. The van der Waals surface area contributed by atoms with Crippen molar-refractivity contribution in [1.29, 1.82) is 0 Å². The van der Waals surface area contributed by atoms with Crippen LogP contribution in [0, 0.1) is 0 Å². The van der Waals surface area contributed by atoms with E-state index in [4.69, 9.17) is 19.7 Å². The SMILES string of the molecule is O=C(O)COc1ccc(-c2nc3ncccc3[nH]2)c(OCC(=O)O)c1. The van der Waals surface area contributed by atoms with E-state index in [1.54, 1.807) is 30.5 Å². The van der Waals surface area contributed by atoms with E-state index in [0.717, 1.165) is 0 Å². The Morgan fingerprint density at radius 3 is 2.56 bits per heavy atom. The molecule has 0 aliphatic heterocycles. The molecule has 0 unspecified atom stereocenters. The minimum Gasteiger partial charge on any atom is -0.482 e. The van der Waals surface area contributed by atoms with Gasteiger partial charge in [0, 0.05) is 12.3 Å². The Balaban J connectivity index is 1.97. The highest BCUT2D eigenvalue weighted by Gasteiger charge is 2.14. The number of aromatic amines is 1. The maximum absolute atomic E-state index is 10.8. The van der Waals surface area contributed by atoms with Crippen molar-refractivity contribution in [2.24, 2.45) is 0 Å². The number of fused-ring (bicyclic) bond motifs is 1. The van der Waals surface area contributed by atoms with Crippen molar-refractivity contribution in [1.82, 2.24) is 15.0 Å². The standard InChI is InChI=1S/C16H13N3O6/c20-13(21)7-24-9-3-4-10(12(6-9)25-8-14(22)23)15-18-11-2-1-5-17-16(11)19-15/h1-6H,7-8H2,(H,20,21)(H,22,23)(H,17,18,19). The zero-order chi connectivity index (χ0) is 17.8. The average molecular weight is 343 g/mol. The lowest BCUT2D eigenvalue weighted by molar-refractivity contribution is -0.140. The molecule has 0 aliphatic carbocycles. The van der Waals surface area contributed by atoms with Crippen LogP contribution in [-0.4, -0.2) is 50.3 Å². The predicted molar refractivity (Wildman–Crippen MR) is 85.6 cm³/mol. The fraction of sp³-hybridized carbons (Fsp3) is 0.125. The summed E-state index contributed by atoms with van der Waals surface area (Å²) in [7, 11) is 0. The van der Waals surface area contributed by atoms with Crippen LogP contribution < -0.4 is 9.47 Å². The molecule has 0 spiro atoms. The lowest BCUT2D eigenvalue weighted by Crippen LogP contribution is -2.11. The van der Waals surface area contributed by atoms with Crippen LogP contribution >= 0.6 is 0 Å². The summed E-state index contributed by atoms with van der Waals surface area (Å²) in [6.07, 6.45) is 1.61. The molecule has 0 bridgehead atoms. The summed E-state index contributed by atoms with van der Waals surface area (Å²) >= 11 is 0. The highest BCUT2D eigenvalue weighted by Crippen LogP contribution is 2.32. The number of nitrogens with zero attached hydrogens (tertiary/aromatic N) is 2. The number of carboxylic acid groups (broad SMARTS) is 2. The first-order chi connectivity index (χ1) is 12.0. The van der Waals surface area contributed by atoms with Gasteiger partial charge in [-0.3, -0.25) is 0 Å². The second-order valence-electron chi connectivity index (χ2n) is 4.98. The van der Waals surface area contributed by atoms with Crippen molar-refractivity contribution in [3.8, 4) is 22.9 Å². The van der Waals surface area contributed by atoms with Gasteiger partial charge < -0.3 is 24.7 Å². The largest absolute Gasteiger partial charge is 0.482 e. The number of rotatable bonds is 7. The van der Waals surface area contributed by atoms with Crippen molar-refractivity contribution in [2.75, 3.05) is 13.2 Å². The van der Waals surface area contributed by atoms with Gasteiger partial charge in [0.05, 0.1) is 11.1 Å². The number of carboxylic acids is 2. The minimum absolute atomic E-state index is 0.198. The summed E-state index contributed by atoms with van der Waals surface area (Å²) in [5.41, 5.74) is 1.72. The van der Waals surface area contributed by atoms with Gasteiger partial charge in [0.1, 0.15) is 17.3 Å². The highest BCUT2D eigenvalue weighted by atomic mass is 16.5. The first-order valence-corrected chi connectivity index (χ1v) is 7.17. The second kappa shape index (κ2) is 6.87. The molecule has 0 aliphatic rings. The van der Waals surface area contributed by atoms with Crippen LogP contribution in [0.25, 0.3) is 22.6 Å². The molecule has 25 heavy (non-hydrogen) atoms. The number of pyridine rings is 1. The molecule has 2 aromatic heterocycles. The third-order valence-corrected chi connectivity index (χ3v) is 3.18. The Morgan fingerprint density at radius 2 is 1.84 bits per heavy atom. The lowest BCUT2D eigenvalue weighted by Gasteiger charge is -2.11. The maximum Gasteiger partial charge on any atom is 0.341 e. The van der Waals surface area contributed by atoms with E-state index in [1.807, 2.05) is 0 Å². The van der Waals surface area contributed by atoms with Crippen molar-refractivity contribution in [3.05, 3.63) is 36.5 Å². The first kappa shape index (κ1) is 16.2. The van der Waals surface area contributed by atoms with Gasteiger partial charge in [-0.1, -0.05) is 0 Å². The van der Waals surface area contributed by atoms with Gasteiger partial charge >= 0.3 is 11.9 Å². The number of hydrogen-bond donors (Lipinski definition) is 3. The van der Waals surface area contributed by atoms with E-state index >= 15 is 0 Å². The lowest BCUT2D eigenvalue weighted by atomic mass is 10.2. The molecule has 3 rings (SSSR count). The summed E-state index contributed by atoms with van der Waals surface area (Å²) < 4.78 is 10.4. The number of benzene rings is 1. The van der Waals surface area contributed by atoms with Crippen LogP contribution in [0.3, 0.4) is 0 Å². The van der Waals surface area contributed by atoms with Gasteiger partial charge in [-0.25, -0.2) is 19.6 Å². The average Bonchev–Trinajstić information content (AvgIpc) is 3.02. The quantitative estimate of drug-likeness (QED) is 0.588. The van der Waals surface area contributed by atoms with Crippen LogP contribution in [0.1, 0.15) is 0 Å². The van der Waals surface area contributed by atoms with E-state index < -0.39 is 25.2 Å². The molecule has 3 N–H and O–H groups in total. The molecule has 128 valence electrons. The number of aliphatic carboxylic acids is 2. The molecular weight excluding hydrogens is 330 g/mol. The number of H-pyrrole nitrogens is 1. The summed E-state index contributed by atoms with van der Waals surface area (Å²) in [5, 5.41) is 17.5. The molecule has 0 radical (unpaired) electrons. The van der Waals surface area contributed by atoms with Gasteiger partial charge in [0.2, 0.25) is 0 Å². The Morgan fingerprint density at radius 1 is 1.08 bits per heavy atom. The summed E-state index contributed by atoms with van der Waals surface area (Å²) in [6, 6.07) is 8.14. The summed E-state index contributed by atoms with van der Waals surface area (Å²) in [4.78, 5) is 32.9. The van der Waals surface area contributed by atoms with E-state index in [1.165, 1.54) is 6.07 Å². The van der Waals surface area contributed by atoms with E-state index in [2.05, 4.69) is 15.0 Å². The fourth-order valence-electron chi connectivity index (χ4n) is 2.16. The zero-order valence-electron chi connectivity index (χ0n) is 12.8. The molecule has 9 nitrogen and oxygen atoms in total. The Labute approximate surface area is 140 Å². The van der Waals surface area contributed by atoms with E-state index in [9.17, 15) is 9.59 Å². The van der Waals surface area contributed by atoms with E-state index in [0.29, 0.717) is 22.6 Å². The Hall–Kier alpha value is -3.62. The van der Waals surface area contributed by atoms with Crippen LogP contribution in [0.15, 0.2) is 36.5 Å². The van der Waals surface area contributed by atoms with Crippen LogP contribution in [0.5, 0.6) is 11.5 Å². The van der Waals surface area contributed by atoms with Gasteiger partial charge in [-0.2, -0.15) is 0 Å². The Kier molecular flexibility index (Phi) is 4.46. The molecular formula is C16H13N3O6. The third kappa shape index (κ3) is 3.83. The third-order valence-electron chi connectivity index (χ3n) is 3.18. The number of nitrogens with one attached hydrogen (secondary N) is 1. The topological polar surface area (TPSA) is 135 Å². The summed E-state index contributed by atoms with van der Waals surface area (Å²) in [6.45, 7) is -1.08. The molecule has 9 heteroatoms. The number of imidazole rings is 1. The van der Waals surface area contributed by atoms with E-state index in [-0.39, 0.29) is 11.5 Å². The maximum atomic E-state index is 10.8. The molecule has 0 saturated heterocycles. The van der Waals surface area contributed by atoms with Gasteiger partial charge in [-0.15, -0.1) is 0 Å². The molecule has 2 heterocycles. The van der Waals surface area contributed by atoms with Gasteiger partial charge in [0.15, 0.2) is 18.9 Å². The number of aromatic nitrogens is 3. The van der Waals surface area contributed by atoms with Gasteiger partial charge in [0.25, 0.3) is 0 Å². The van der Waals surface area contributed by atoms with Crippen molar-refractivity contribution < 1.29 is 29.3 Å². The number of ether oxygens (including phenoxy) is 2. The predicted octanol–water partition coefficient (Wildman–Crippen LogP) is 1.55. The van der Waals surface area contributed by atoms with Crippen molar-refractivity contribution in [2.45, 2.75) is 0 Å². The Bertz CT molecular complexity index is 904. The second-order valence-corrected chi connectivity index (χ2v) is 4.98. The zero-order valence-corrected chi connectivity index (χ0v) is 12.8. The molecule has 0 amide bonds. The summed E-state index contributed by atoms with van der Waals surface area (Å²) in [5.74, 6) is -1.39. The highest BCUT2D eigenvalue weighted by molar-refractivity contribution is 5.78. The van der Waals surface area contributed by atoms with Crippen LogP contribution in [0.4, 0.5) is 0 Å². The molecule has 3 aromatic rings. The smallest absolute Gasteiger partial charge is 0.341 e. The number of carbonyl (C=O) groups is 2. The van der Waals surface area contributed by atoms with Gasteiger partial charge in [-0.05, 0) is 24.3 Å². The first-order valence-electron chi connectivity index (χ1n) is 7.17. The molecule has 0 fully saturated rings. The van der Waals surface area contributed by atoms with Crippen molar-refractivity contribution in [3.63, 3.8) is 0 Å². The van der Waals surface area contributed by atoms with Crippen molar-refractivity contribution >= 4 is 23.1 Å². The normalized spacial score (nSPS) is 10.6. The minimum atomic E-state index is -1.14. The van der Waals surface area contributed by atoms with Crippen LogP contribution in [0.2, 0.25) is 0 Å². The fourth-order valence-corrected chi connectivity index (χ4v) is 2.16. The molecule has 1 aromatic carbocycles. The van der Waals surface area contributed by atoms with Crippen LogP contribution in [-0.2, 0) is 9.59 Å².